The highest BCUT2D eigenvalue weighted by molar-refractivity contribution is 9.10. The van der Waals surface area contributed by atoms with Gasteiger partial charge in [0.25, 0.3) is 0 Å². The van der Waals surface area contributed by atoms with Gasteiger partial charge in [-0.15, -0.1) is 12.3 Å². The summed E-state index contributed by atoms with van der Waals surface area (Å²) in [6.07, 6.45) is 9.03. The molecule has 0 saturated heterocycles. The van der Waals surface area contributed by atoms with Crippen LogP contribution in [0.25, 0.3) is 0 Å². The molecule has 94 valence electrons. The Kier molecular flexibility index (Phi) is 4.94. The van der Waals surface area contributed by atoms with E-state index in [9.17, 15) is 4.79 Å². The first-order valence-electron chi connectivity index (χ1n) is 5.33. The van der Waals surface area contributed by atoms with Gasteiger partial charge in [-0.2, -0.15) is 10.4 Å². The summed E-state index contributed by atoms with van der Waals surface area (Å²) < 4.78 is 2.41. The summed E-state index contributed by atoms with van der Waals surface area (Å²) in [4.78, 5) is 11.6. The van der Waals surface area contributed by atoms with Gasteiger partial charge in [0.1, 0.15) is 5.54 Å². The van der Waals surface area contributed by atoms with Gasteiger partial charge in [0.15, 0.2) is 0 Å². The number of nitriles is 1. The molecule has 0 radical (unpaired) electrons. The van der Waals surface area contributed by atoms with Crippen LogP contribution >= 0.6 is 15.9 Å². The highest BCUT2D eigenvalue weighted by Crippen LogP contribution is 2.11. The molecule has 1 unspecified atom stereocenters. The van der Waals surface area contributed by atoms with Crippen LogP contribution in [0.15, 0.2) is 16.9 Å². The van der Waals surface area contributed by atoms with Crippen molar-refractivity contribution < 1.29 is 4.79 Å². The molecule has 1 N–H and O–H groups in total. The normalized spacial score (nSPS) is 13.1. The van der Waals surface area contributed by atoms with Crippen molar-refractivity contribution in [1.29, 1.82) is 5.26 Å². The number of carbonyl (C=O) groups excluding carboxylic acids is 1. The van der Waals surface area contributed by atoms with Crippen LogP contribution in [0.1, 0.15) is 19.8 Å². The molecular formula is C12H13BrN4O. The van der Waals surface area contributed by atoms with Crippen molar-refractivity contribution in [2.24, 2.45) is 0 Å². The molecule has 0 fully saturated rings. The van der Waals surface area contributed by atoms with E-state index in [0.29, 0.717) is 6.42 Å². The van der Waals surface area contributed by atoms with E-state index < -0.39 is 5.54 Å². The molecule has 0 spiro atoms. The molecule has 6 heteroatoms. The molecular weight excluding hydrogens is 296 g/mol. The van der Waals surface area contributed by atoms with Crippen molar-refractivity contribution in [2.45, 2.75) is 31.8 Å². The summed E-state index contributed by atoms with van der Waals surface area (Å²) in [5, 5.41) is 15.9. The first-order valence-corrected chi connectivity index (χ1v) is 6.12. The average Bonchev–Trinajstić information content (AvgIpc) is 2.71. The summed E-state index contributed by atoms with van der Waals surface area (Å²) >= 11 is 3.27. The van der Waals surface area contributed by atoms with Crippen LogP contribution in [0, 0.1) is 23.7 Å². The Bertz CT molecular complexity index is 511. The molecule has 0 aliphatic heterocycles. The fraction of sp³-hybridized carbons (Fsp3) is 0.417. The van der Waals surface area contributed by atoms with Crippen LogP contribution in [0.3, 0.4) is 0 Å². The molecule has 0 saturated carbocycles. The standard InChI is InChI=1S/C12H13BrN4O/c1-3-4-5-11(18)16-12(2,8-14)9-17-7-10(13)6-15-17/h1,6-7H,4-5,9H2,2H3,(H,16,18). The minimum absolute atomic E-state index is 0.219. The predicted molar refractivity (Wildman–Crippen MR) is 70.2 cm³/mol. The van der Waals surface area contributed by atoms with Crippen LogP contribution in [-0.2, 0) is 11.3 Å². The van der Waals surface area contributed by atoms with Gasteiger partial charge in [-0.1, -0.05) is 0 Å². The quantitative estimate of drug-likeness (QED) is 0.837. The molecule has 18 heavy (non-hydrogen) atoms. The van der Waals surface area contributed by atoms with Crippen molar-refractivity contribution in [2.75, 3.05) is 0 Å². The first kappa shape index (κ1) is 14.3. The van der Waals surface area contributed by atoms with Gasteiger partial charge in [0, 0.05) is 19.0 Å². The van der Waals surface area contributed by atoms with Crippen LogP contribution in [0.5, 0.6) is 0 Å². The Morgan fingerprint density at radius 1 is 1.78 bits per heavy atom. The summed E-state index contributed by atoms with van der Waals surface area (Å²) in [6, 6.07) is 2.08. The smallest absolute Gasteiger partial charge is 0.222 e. The van der Waals surface area contributed by atoms with E-state index in [1.807, 2.05) is 0 Å². The second kappa shape index (κ2) is 6.23. The average molecular weight is 309 g/mol. The lowest BCUT2D eigenvalue weighted by molar-refractivity contribution is -0.122. The van der Waals surface area contributed by atoms with Crippen molar-refractivity contribution in [3.63, 3.8) is 0 Å². The minimum Gasteiger partial charge on any atom is -0.337 e. The lowest BCUT2D eigenvalue weighted by Gasteiger charge is -2.23. The number of nitrogens with one attached hydrogen (secondary N) is 1. The topological polar surface area (TPSA) is 70.7 Å². The third-order valence-corrected chi connectivity index (χ3v) is 2.65. The summed E-state index contributed by atoms with van der Waals surface area (Å²) in [5.74, 6) is 2.15. The van der Waals surface area contributed by atoms with Gasteiger partial charge in [-0.05, 0) is 22.9 Å². The Morgan fingerprint density at radius 3 is 3.00 bits per heavy atom. The second-order valence-electron chi connectivity index (χ2n) is 4.05. The zero-order chi connectivity index (χ0) is 13.6. The number of carbonyl (C=O) groups is 1. The number of hydrogen-bond donors (Lipinski definition) is 1. The molecule has 1 rings (SSSR count). The number of terminal acetylenes is 1. The van der Waals surface area contributed by atoms with Gasteiger partial charge in [-0.3, -0.25) is 9.48 Å². The largest absolute Gasteiger partial charge is 0.337 e. The molecule has 1 atom stereocenters. The van der Waals surface area contributed by atoms with E-state index in [4.69, 9.17) is 11.7 Å². The van der Waals surface area contributed by atoms with E-state index in [1.54, 1.807) is 24.0 Å². The van der Waals surface area contributed by atoms with Gasteiger partial charge in [0.2, 0.25) is 5.91 Å². The number of rotatable bonds is 5. The van der Waals surface area contributed by atoms with Gasteiger partial charge in [-0.25, -0.2) is 0 Å². The van der Waals surface area contributed by atoms with Gasteiger partial charge >= 0.3 is 0 Å². The number of aromatic nitrogens is 2. The van der Waals surface area contributed by atoms with Crippen molar-refractivity contribution in [3.05, 3.63) is 16.9 Å². The fourth-order valence-electron chi connectivity index (χ4n) is 1.41. The van der Waals surface area contributed by atoms with Crippen LogP contribution in [0.4, 0.5) is 0 Å². The van der Waals surface area contributed by atoms with Crippen LogP contribution < -0.4 is 5.32 Å². The van der Waals surface area contributed by atoms with Crippen molar-refractivity contribution in [3.8, 4) is 18.4 Å². The van der Waals surface area contributed by atoms with E-state index >= 15 is 0 Å². The zero-order valence-electron chi connectivity index (χ0n) is 9.98. The van der Waals surface area contributed by atoms with E-state index in [-0.39, 0.29) is 18.9 Å². The Balaban J connectivity index is 2.66. The van der Waals surface area contributed by atoms with Crippen molar-refractivity contribution in [1.82, 2.24) is 15.1 Å². The molecule has 0 aromatic carbocycles. The molecule has 0 aliphatic rings. The molecule has 1 heterocycles. The number of nitrogens with zero attached hydrogens (tertiary/aromatic N) is 3. The Labute approximate surface area is 114 Å². The summed E-state index contributed by atoms with van der Waals surface area (Å²) in [6.45, 7) is 1.92. The fourth-order valence-corrected chi connectivity index (χ4v) is 1.74. The molecule has 5 nitrogen and oxygen atoms in total. The van der Waals surface area contributed by atoms with Crippen LogP contribution in [0.2, 0.25) is 0 Å². The van der Waals surface area contributed by atoms with Gasteiger partial charge < -0.3 is 5.32 Å². The van der Waals surface area contributed by atoms with E-state index in [0.717, 1.165) is 4.47 Å². The molecule has 0 bridgehead atoms. The molecule has 1 amide bonds. The third kappa shape index (κ3) is 4.23. The Hall–Kier alpha value is -1.79. The molecule has 1 aromatic rings. The second-order valence-corrected chi connectivity index (χ2v) is 4.97. The van der Waals surface area contributed by atoms with Crippen LogP contribution in [-0.4, -0.2) is 21.2 Å². The third-order valence-electron chi connectivity index (χ3n) is 2.24. The van der Waals surface area contributed by atoms with E-state index in [1.165, 1.54) is 0 Å². The van der Waals surface area contributed by atoms with Gasteiger partial charge in [0.05, 0.1) is 23.3 Å². The summed E-state index contributed by atoms with van der Waals surface area (Å²) in [7, 11) is 0. The minimum atomic E-state index is -1.00. The maximum absolute atomic E-state index is 11.6. The highest BCUT2D eigenvalue weighted by Gasteiger charge is 2.26. The maximum atomic E-state index is 11.6. The number of amides is 1. The van der Waals surface area contributed by atoms with Crippen molar-refractivity contribution >= 4 is 21.8 Å². The lowest BCUT2D eigenvalue weighted by Crippen LogP contribution is -2.48. The zero-order valence-corrected chi connectivity index (χ0v) is 11.6. The Morgan fingerprint density at radius 2 is 2.50 bits per heavy atom. The lowest BCUT2D eigenvalue weighted by atomic mass is 10.0. The first-order chi connectivity index (χ1) is 8.49. The van der Waals surface area contributed by atoms with E-state index in [2.05, 4.69) is 38.3 Å². The maximum Gasteiger partial charge on any atom is 0.222 e. The predicted octanol–water partition coefficient (Wildman–Crippen LogP) is 1.46. The molecule has 1 aromatic heterocycles. The molecule has 0 aliphatic carbocycles. The SMILES string of the molecule is C#CCCC(=O)NC(C)(C#N)Cn1cc(Br)cn1. The monoisotopic (exact) mass is 308 g/mol. The number of halogens is 1. The summed E-state index contributed by atoms with van der Waals surface area (Å²) in [5.41, 5.74) is -1.00. The number of hydrogen-bond acceptors (Lipinski definition) is 3. The highest BCUT2D eigenvalue weighted by atomic mass is 79.9.